The number of aliphatic hydroxyl groups is 1. The van der Waals surface area contributed by atoms with E-state index < -0.39 is 23.5 Å². The zero-order valence-corrected chi connectivity index (χ0v) is 18.9. The molecule has 0 aliphatic carbocycles. The van der Waals surface area contributed by atoms with Gasteiger partial charge in [0.1, 0.15) is 23.1 Å². The lowest BCUT2D eigenvalue weighted by atomic mass is 9.95. The molecule has 2 heterocycles. The van der Waals surface area contributed by atoms with Gasteiger partial charge in [0.25, 0.3) is 11.7 Å². The normalized spacial score (nSPS) is 21.5. The summed E-state index contributed by atoms with van der Waals surface area (Å²) in [4.78, 5) is 27.8. The zero-order valence-electron chi connectivity index (χ0n) is 18.9. The van der Waals surface area contributed by atoms with Gasteiger partial charge in [-0.1, -0.05) is 30.3 Å². The molecule has 3 aromatic carbocycles. The molecule has 0 bridgehead atoms. The monoisotopic (exact) mass is 473 g/mol. The number of amides is 1. The molecule has 5 rings (SSSR count). The summed E-state index contributed by atoms with van der Waals surface area (Å²) >= 11 is 0. The van der Waals surface area contributed by atoms with Crippen LogP contribution in [-0.2, 0) is 14.3 Å². The SMILES string of the molecule is O=C1C(=O)N(CC2CCCO2)C(c2cccc(Oc3ccccc3)c2)C1=C(O)c1ccc(F)cc1. The first-order valence-electron chi connectivity index (χ1n) is 11.5. The predicted molar refractivity (Wildman–Crippen MR) is 127 cm³/mol. The van der Waals surface area contributed by atoms with E-state index in [0.29, 0.717) is 23.7 Å². The number of hydrogen-bond donors (Lipinski definition) is 1. The van der Waals surface area contributed by atoms with Gasteiger partial charge in [0.2, 0.25) is 0 Å². The summed E-state index contributed by atoms with van der Waals surface area (Å²) in [6.07, 6.45) is 1.48. The van der Waals surface area contributed by atoms with E-state index in [1.807, 2.05) is 30.3 Å². The fourth-order valence-electron chi connectivity index (χ4n) is 4.56. The summed E-state index contributed by atoms with van der Waals surface area (Å²) in [7, 11) is 0. The Labute approximate surface area is 202 Å². The van der Waals surface area contributed by atoms with E-state index in [1.165, 1.54) is 29.2 Å². The van der Waals surface area contributed by atoms with Gasteiger partial charge < -0.3 is 19.5 Å². The summed E-state index contributed by atoms with van der Waals surface area (Å²) in [6.45, 7) is 0.828. The summed E-state index contributed by atoms with van der Waals surface area (Å²) in [5, 5.41) is 11.1. The second kappa shape index (κ2) is 9.72. The lowest BCUT2D eigenvalue weighted by Crippen LogP contribution is -2.36. The standard InChI is InChI=1S/C28H24FNO5/c29-20-13-11-18(12-14-20)26(31)24-25(30(28(33)27(24)32)17-23-10-5-15-34-23)19-6-4-9-22(16-19)35-21-7-2-1-3-8-21/h1-4,6-9,11-14,16,23,25,31H,5,10,15,17H2. The molecule has 2 aliphatic heterocycles. The summed E-state index contributed by atoms with van der Waals surface area (Å²) in [5.41, 5.74) is 0.818. The Kier molecular flexibility index (Phi) is 6.33. The van der Waals surface area contributed by atoms with Crippen molar-refractivity contribution in [2.24, 2.45) is 0 Å². The minimum absolute atomic E-state index is 0.0449. The predicted octanol–water partition coefficient (Wildman–Crippen LogP) is 5.22. The molecule has 0 radical (unpaired) electrons. The van der Waals surface area contributed by atoms with E-state index >= 15 is 0 Å². The molecule has 35 heavy (non-hydrogen) atoms. The van der Waals surface area contributed by atoms with Crippen molar-refractivity contribution in [1.82, 2.24) is 4.90 Å². The molecular weight excluding hydrogens is 449 g/mol. The molecular formula is C28H24FNO5. The third-order valence-corrected chi connectivity index (χ3v) is 6.23. The molecule has 0 aromatic heterocycles. The Hall–Kier alpha value is -3.97. The maximum absolute atomic E-state index is 13.5. The molecule has 2 fully saturated rings. The molecule has 1 amide bonds. The Morgan fingerprint density at radius 2 is 1.74 bits per heavy atom. The van der Waals surface area contributed by atoms with Crippen molar-refractivity contribution in [3.63, 3.8) is 0 Å². The Balaban J connectivity index is 1.58. The number of halogens is 1. The Morgan fingerprint density at radius 1 is 1.00 bits per heavy atom. The van der Waals surface area contributed by atoms with Crippen LogP contribution in [0.2, 0.25) is 0 Å². The van der Waals surface area contributed by atoms with Gasteiger partial charge in [-0.3, -0.25) is 9.59 Å². The number of carbonyl (C=O) groups excluding carboxylic acids is 2. The van der Waals surface area contributed by atoms with Gasteiger partial charge in [0.05, 0.1) is 17.7 Å². The van der Waals surface area contributed by atoms with Crippen LogP contribution in [0.15, 0.2) is 84.4 Å². The lowest BCUT2D eigenvalue weighted by Gasteiger charge is -2.27. The molecule has 0 spiro atoms. The van der Waals surface area contributed by atoms with Gasteiger partial charge in [-0.15, -0.1) is 0 Å². The Bertz CT molecular complexity index is 1270. The topological polar surface area (TPSA) is 76.1 Å². The zero-order chi connectivity index (χ0) is 24.4. The quantitative estimate of drug-likeness (QED) is 0.302. The molecule has 178 valence electrons. The summed E-state index contributed by atoms with van der Waals surface area (Å²) in [5.74, 6) is -1.14. The highest BCUT2D eigenvalue weighted by Crippen LogP contribution is 2.41. The fraction of sp³-hybridized carbons (Fsp3) is 0.214. The highest BCUT2D eigenvalue weighted by Gasteiger charge is 2.47. The molecule has 7 heteroatoms. The molecule has 0 saturated carbocycles. The second-order valence-corrected chi connectivity index (χ2v) is 8.58. The molecule has 2 atom stereocenters. The summed E-state index contributed by atoms with van der Waals surface area (Å²) in [6, 6.07) is 20.7. The number of aliphatic hydroxyl groups excluding tert-OH is 1. The largest absolute Gasteiger partial charge is 0.507 e. The molecule has 3 aromatic rings. The maximum atomic E-state index is 13.5. The van der Waals surface area contributed by atoms with Crippen LogP contribution in [0.25, 0.3) is 5.76 Å². The fourth-order valence-corrected chi connectivity index (χ4v) is 4.56. The van der Waals surface area contributed by atoms with Gasteiger partial charge >= 0.3 is 0 Å². The number of carbonyl (C=O) groups is 2. The van der Waals surface area contributed by atoms with E-state index in [1.54, 1.807) is 24.3 Å². The minimum atomic E-state index is -0.844. The van der Waals surface area contributed by atoms with Crippen molar-refractivity contribution in [1.29, 1.82) is 0 Å². The van der Waals surface area contributed by atoms with Crippen molar-refractivity contribution >= 4 is 17.4 Å². The number of nitrogens with zero attached hydrogens (tertiary/aromatic N) is 1. The van der Waals surface area contributed by atoms with Crippen molar-refractivity contribution in [2.75, 3.05) is 13.2 Å². The van der Waals surface area contributed by atoms with Crippen LogP contribution < -0.4 is 4.74 Å². The molecule has 2 saturated heterocycles. The molecule has 6 nitrogen and oxygen atoms in total. The van der Waals surface area contributed by atoms with Gasteiger partial charge in [0.15, 0.2) is 0 Å². The van der Waals surface area contributed by atoms with Crippen LogP contribution in [0.4, 0.5) is 4.39 Å². The second-order valence-electron chi connectivity index (χ2n) is 8.58. The number of Topliss-reactive ketones (excluding diaryl/α,β-unsaturated/α-hetero) is 1. The van der Waals surface area contributed by atoms with E-state index in [0.717, 1.165) is 12.8 Å². The first-order valence-corrected chi connectivity index (χ1v) is 11.5. The van der Waals surface area contributed by atoms with Crippen LogP contribution in [0.5, 0.6) is 11.5 Å². The van der Waals surface area contributed by atoms with E-state index in [2.05, 4.69) is 0 Å². The highest BCUT2D eigenvalue weighted by atomic mass is 19.1. The Morgan fingerprint density at radius 3 is 2.46 bits per heavy atom. The first-order chi connectivity index (χ1) is 17.0. The smallest absolute Gasteiger partial charge is 0.295 e. The van der Waals surface area contributed by atoms with Gasteiger partial charge in [-0.25, -0.2) is 4.39 Å². The summed E-state index contributed by atoms with van der Waals surface area (Å²) < 4.78 is 25.2. The van der Waals surface area contributed by atoms with Crippen LogP contribution >= 0.6 is 0 Å². The first kappa shape index (κ1) is 22.8. The van der Waals surface area contributed by atoms with Crippen LogP contribution in [0, 0.1) is 5.82 Å². The third-order valence-electron chi connectivity index (χ3n) is 6.23. The van der Waals surface area contributed by atoms with Crippen molar-refractivity contribution < 1.29 is 28.6 Å². The molecule has 1 N–H and O–H groups in total. The van der Waals surface area contributed by atoms with E-state index in [-0.39, 0.29) is 29.5 Å². The van der Waals surface area contributed by atoms with Crippen molar-refractivity contribution in [3.05, 3.63) is 101 Å². The average Bonchev–Trinajstić information content (AvgIpc) is 3.47. The number of hydrogen-bond acceptors (Lipinski definition) is 5. The van der Waals surface area contributed by atoms with Gasteiger partial charge in [-0.05, 0) is 66.9 Å². The number of ether oxygens (including phenoxy) is 2. The van der Waals surface area contributed by atoms with E-state index in [9.17, 15) is 19.1 Å². The number of benzene rings is 3. The molecule has 2 unspecified atom stereocenters. The van der Waals surface area contributed by atoms with Gasteiger partial charge in [0, 0.05) is 18.7 Å². The number of rotatable bonds is 6. The van der Waals surface area contributed by atoms with Crippen molar-refractivity contribution in [3.8, 4) is 11.5 Å². The van der Waals surface area contributed by atoms with E-state index in [4.69, 9.17) is 9.47 Å². The lowest BCUT2D eigenvalue weighted by molar-refractivity contribution is -0.140. The third kappa shape index (κ3) is 4.68. The average molecular weight is 474 g/mol. The van der Waals surface area contributed by atoms with Crippen LogP contribution in [0.1, 0.15) is 30.0 Å². The van der Waals surface area contributed by atoms with Crippen LogP contribution in [-0.4, -0.2) is 41.0 Å². The van der Waals surface area contributed by atoms with Crippen molar-refractivity contribution in [2.45, 2.75) is 25.0 Å². The molecule has 2 aliphatic rings. The van der Waals surface area contributed by atoms with Gasteiger partial charge in [-0.2, -0.15) is 0 Å². The number of para-hydroxylation sites is 1. The number of likely N-dealkylation sites (tertiary alicyclic amines) is 1. The highest BCUT2D eigenvalue weighted by molar-refractivity contribution is 6.46. The number of ketones is 1. The maximum Gasteiger partial charge on any atom is 0.295 e. The van der Waals surface area contributed by atoms with Crippen LogP contribution in [0.3, 0.4) is 0 Å². The minimum Gasteiger partial charge on any atom is -0.507 e.